The highest BCUT2D eigenvalue weighted by atomic mass is 14.9. The molecule has 0 aliphatic heterocycles. The summed E-state index contributed by atoms with van der Waals surface area (Å²) in [5.41, 5.74) is 0.914. The minimum Gasteiger partial charge on any atom is -0.189 e. The normalized spacial score (nSPS) is 9.00. The molecule has 0 saturated carbocycles. The van der Waals surface area contributed by atoms with Gasteiger partial charge in [-0.25, -0.2) is 0 Å². The lowest BCUT2D eigenvalue weighted by Gasteiger charge is -1.87. The first kappa shape index (κ1) is 6.02. The predicted octanol–water partition coefficient (Wildman–Crippen LogP) is 1.70. The van der Waals surface area contributed by atoms with Crippen molar-refractivity contribution in [1.82, 2.24) is 0 Å². The van der Waals surface area contributed by atoms with E-state index in [-0.39, 0.29) is 0 Å². The topological polar surface area (TPSA) is 3.01 Å². The number of hydrogen-bond donors (Lipinski definition) is 0. The number of para-hydroxylation sites is 1. The van der Waals surface area contributed by atoms with Gasteiger partial charge in [0.1, 0.15) is 6.72 Å². The summed E-state index contributed by atoms with van der Waals surface area (Å²) in [5.74, 6) is 0. The summed E-state index contributed by atoms with van der Waals surface area (Å²) in [6.45, 7) is 3.52. The van der Waals surface area contributed by atoms with Crippen molar-refractivity contribution in [2.24, 2.45) is 0 Å². The maximum atomic E-state index is 5.34. The third kappa shape index (κ3) is 1.39. The Morgan fingerprint density at radius 1 is 1.22 bits per heavy atom. The fourth-order valence-corrected chi connectivity index (χ4v) is 0.619. The summed E-state index contributed by atoms with van der Waals surface area (Å²) >= 11 is 0. The van der Waals surface area contributed by atoms with Gasteiger partial charge in [-0.15, -0.1) is 0 Å². The third-order valence-electron chi connectivity index (χ3n) is 1.09. The van der Waals surface area contributed by atoms with E-state index >= 15 is 0 Å². The summed E-state index contributed by atoms with van der Waals surface area (Å²) in [7, 11) is 5.34. The van der Waals surface area contributed by atoms with Gasteiger partial charge in [-0.05, 0) is 0 Å². The molecule has 0 amide bonds. The minimum absolute atomic E-state index is 0.914. The molecule has 0 unspecified atom stereocenters. The Hall–Kier alpha value is -1.11. The molecular formula is C8H8N+. The lowest BCUT2D eigenvalue weighted by Crippen LogP contribution is -1.86. The van der Waals surface area contributed by atoms with Crippen LogP contribution < -0.4 is 0 Å². The highest BCUT2D eigenvalue weighted by Gasteiger charge is 1.94. The Morgan fingerprint density at radius 2 is 1.78 bits per heavy atom. The Kier molecular flexibility index (Phi) is 1.63. The maximum Gasteiger partial charge on any atom is 0.294 e. The van der Waals surface area contributed by atoms with Gasteiger partial charge in [0.05, 0.1) is 0 Å². The number of nitrogens with zero attached hydrogens (tertiary/aromatic N) is 1. The van der Waals surface area contributed by atoms with Gasteiger partial charge in [0.2, 0.25) is 5.69 Å². The molecule has 9 heavy (non-hydrogen) atoms. The van der Waals surface area contributed by atoms with E-state index in [9.17, 15) is 0 Å². The Bertz CT molecular complexity index is 201. The van der Waals surface area contributed by atoms with Crippen LogP contribution in [0.5, 0.6) is 0 Å². The zero-order chi connectivity index (χ0) is 6.69. The maximum absolute atomic E-state index is 5.34. The van der Waals surface area contributed by atoms with Gasteiger partial charge >= 0.3 is 0 Å². The zero-order valence-electron chi connectivity index (χ0n) is 5.12. The van der Waals surface area contributed by atoms with Gasteiger partial charge in [-0.1, -0.05) is 18.2 Å². The van der Waals surface area contributed by atoms with Crippen molar-refractivity contribution >= 4 is 12.4 Å². The minimum atomic E-state index is 0.914. The summed E-state index contributed by atoms with van der Waals surface area (Å²) in [5, 5.41) is 0. The smallest absolute Gasteiger partial charge is 0.189 e. The molecule has 0 fully saturated rings. The Labute approximate surface area is 55.3 Å². The van der Waals surface area contributed by atoms with Crippen LogP contribution in [0.2, 0.25) is 0 Å². The van der Waals surface area contributed by atoms with Crippen LogP contribution in [0, 0.1) is 7.05 Å². The Balaban J connectivity index is 2.98. The number of rotatable bonds is 1. The first-order valence-corrected chi connectivity index (χ1v) is 2.71. The van der Waals surface area contributed by atoms with E-state index in [2.05, 4.69) is 6.72 Å². The molecule has 0 saturated heterocycles. The van der Waals surface area contributed by atoms with Crippen LogP contribution in [-0.2, 0) is 0 Å². The van der Waals surface area contributed by atoms with Gasteiger partial charge in [0.25, 0.3) is 7.05 Å². The van der Waals surface area contributed by atoms with E-state index in [0.29, 0.717) is 0 Å². The SMILES string of the molecule is [CH][N+](=C)c1ccccc1. The second-order valence-corrected chi connectivity index (χ2v) is 1.81. The molecule has 0 spiro atoms. The van der Waals surface area contributed by atoms with Crippen molar-refractivity contribution in [3.63, 3.8) is 0 Å². The monoisotopic (exact) mass is 118 g/mol. The second-order valence-electron chi connectivity index (χ2n) is 1.81. The van der Waals surface area contributed by atoms with E-state index in [1.54, 1.807) is 0 Å². The van der Waals surface area contributed by atoms with Gasteiger partial charge in [0, 0.05) is 12.1 Å². The highest BCUT2D eigenvalue weighted by Crippen LogP contribution is 2.06. The molecule has 0 bridgehead atoms. The molecule has 1 heteroatoms. The van der Waals surface area contributed by atoms with Crippen LogP contribution >= 0.6 is 0 Å². The average molecular weight is 118 g/mol. The van der Waals surface area contributed by atoms with Gasteiger partial charge in [-0.3, -0.25) is 0 Å². The number of hydrogen-bond acceptors (Lipinski definition) is 0. The fourth-order valence-electron chi connectivity index (χ4n) is 0.619. The van der Waals surface area contributed by atoms with Gasteiger partial charge < -0.3 is 0 Å². The number of benzene rings is 1. The lowest BCUT2D eigenvalue weighted by molar-refractivity contribution is -0.357. The molecule has 1 aromatic rings. The van der Waals surface area contributed by atoms with E-state index in [0.717, 1.165) is 5.69 Å². The molecule has 0 atom stereocenters. The molecule has 0 aliphatic rings. The second kappa shape index (κ2) is 2.44. The van der Waals surface area contributed by atoms with E-state index in [1.807, 2.05) is 30.3 Å². The summed E-state index contributed by atoms with van der Waals surface area (Å²) in [6, 6.07) is 9.56. The molecule has 0 aliphatic carbocycles. The molecule has 0 aromatic heterocycles. The third-order valence-corrected chi connectivity index (χ3v) is 1.09. The van der Waals surface area contributed by atoms with Crippen LogP contribution in [0.3, 0.4) is 0 Å². The lowest BCUT2D eigenvalue weighted by atomic mass is 10.3. The van der Waals surface area contributed by atoms with Crippen molar-refractivity contribution in [3.8, 4) is 0 Å². The average Bonchev–Trinajstić information content (AvgIpc) is 1.90. The summed E-state index contributed by atoms with van der Waals surface area (Å²) in [4.78, 5) is 0. The van der Waals surface area contributed by atoms with Crippen LogP contribution in [0.15, 0.2) is 30.3 Å². The molecule has 1 nitrogen and oxygen atoms in total. The van der Waals surface area contributed by atoms with E-state index in [4.69, 9.17) is 7.05 Å². The standard InChI is InChI=1S/C8H8N/c1-9(2)8-6-4-3-5-7-8/h1,3-7H,2H2/q+1. The van der Waals surface area contributed by atoms with Crippen molar-refractivity contribution in [2.45, 2.75) is 0 Å². The van der Waals surface area contributed by atoms with Crippen molar-refractivity contribution < 1.29 is 4.58 Å². The zero-order valence-corrected chi connectivity index (χ0v) is 5.12. The van der Waals surface area contributed by atoms with Gasteiger partial charge in [0.15, 0.2) is 0 Å². The van der Waals surface area contributed by atoms with Gasteiger partial charge in [-0.2, -0.15) is 4.58 Å². The highest BCUT2D eigenvalue weighted by molar-refractivity contribution is 5.32. The predicted molar refractivity (Wildman–Crippen MR) is 37.8 cm³/mol. The first-order chi connectivity index (χ1) is 4.30. The molecule has 2 radical (unpaired) electrons. The van der Waals surface area contributed by atoms with Crippen LogP contribution in [0.1, 0.15) is 0 Å². The summed E-state index contributed by atoms with van der Waals surface area (Å²) in [6.07, 6.45) is 0. The van der Waals surface area contributed by atoms with Crippen LogP contribution in [-0.4, -0.2) is 11.3 Å². The van der Waals surface area contributed by atoms with E-state index in [1.165, 1.54) is 4.58 Å². The van der Waals surface area contributed by atoms with Crippen LogP contribution in [0.4, 0.5) is 5.69 Å². The van der Waals surface area contributed by atoms with Crippen molar-refractivity contribution in [2.75, 3.05) is 0 Å². The molecular weight excluding hydrogens is 110 g/mol. The largest absolute Gasteiger partial charge is 0.294 e. The quantitative estimate of drug-likeness (QED) is 0.300. The van der Waals surface area contributed by atoms with Crippen LogP contribution in [0.25, 0.3) is 0 Å². The fraction of sp³-hybridized carbons (Fsp3) is 0. The molecule has 44 valence electrons. The molecule has 0 N–H and O–H groups in total. The molecule has 1 rings (SSSR count). The van der Waals surface area contributed by atoms with E-state index < -0.39 is 0 Å². The van der Waals surface area contributed by atoms with Crippen molar-refractivity contribution in [3.05, 3.63) is 37.4 Å². The molecule has 1 aromatic carbocycles. The first-order valence-electron chi connectivity index (χ1n) is 2.71. The summed E-state index contributed by atoms with van der Waals surface area (Å²) < 4.78 is 1.33. The van der Waals surface area contributed by atoms with Crippen molar-refractivity contribution in [1.29, 1.82) is 0 Å². The Morgan fingerprint density at radius 3 is 2.11 bits per heavy atom. The molecule has 0 heterocycles.